The Bertz CT molecular complexity index is 2520. The van der Waals surface area contributed by atoms with Crippen molar-refractivity contribution in [3.63, 3.8) is 0 Å². The van der Waals surface area contributed by atoms with E-state index in [4.69, 9.17) is 37.9 Å². The lowest BCUT2D eigenvalue weighted by molar-refractivity contribution is -0.757. The van der Waals surface area contributed by atoms with E-state index >= 15 is 0 Å². The van der Waals surface area contributed by atoms with Gasteiger partial charge in [0.25, 0.3) is 10.2 Å². The molecular formula is C45H46N2O22. The van der Waals surface area contributed by atoms with Crippen molar-refractivity contribution < 1.29 is 96.1 Å². The van der Waals surface area contributed by atoms with E-state index in [9.17, 15) is 58.6 Å². The number of nitrogens with zero attached hydrogens (tertiary/aromatic N) is 2. The third-order valence-electron chi connectivity index (χ3n) is 9.49. The number of hydrogen-bond acceptors (Lipinski definition) is 22. The zero-order chi connectivity index (χ0) is 50.3. The van der Waals surface area contributed by atoms with Gasteiger partial charge in [-0.15, -0.1) is 20.2 Å². The summed E-state index contributed by atoms with van der Waals surface area (Å²) < 4.78 is 40.1. The Morgan fingerprint density at radius 1 is 0.435 bits per heavy atom. The number of carbonyl (C=O) groups excluding carboxylic acids is 8. The molecule has 4 aromatic rings. The average molecular weight is 967 g/mol. The molecular weight excluding hydrogens is 920 g/mol. The third-order valence-corrected chi connectivity index (χ3v) is 9.49. The molecule has 4 aromatic carbocycles. The largest absolute Gasteiger partial charge is 0.463 e. The number of carbonyl (C=O) groups is 8. The van der Waals surface area contributed by atoms with Crippen molar-refractivity contribution in [1.82, 2.24) is 0 Å². The average Bonchev–Trinajstić information content (AvgIpc) is 3.32. The van der Waals surface area contributed by atoms with Crippen molar-refractivity contribution in [2.45, 2.75) is 57.8 Å². The van der Waals surface area contributed by atoms with E-state index in [0.29, 0.717) is 40.1 Å². The summed E-state index contributed by atoms with van der Waals surface area (Å²) in [4.78, 5) is 127. The van der Waals surface area contributed by atoms with Gasteiger partial charge in [-0.3, -0.25) is 19.2 Å². The van der Waals surface area contributed by atoms with Crippen LogP contribution in [-0.2, 0) is 76.5 Å². The molecule has 69 heavy (non-hydrogen) atoms. The number of rotatable bonds is 28. The summed E-state index contributed by atoms with van der Waals surface area (Å²) in [5.41, 5.74) is 1.08. The predicted molar refractivity (Wildman–Crippen MR) is 231 cm³/mol. The lowest BCUT2D eigenvalue weighted by atomic mass is 9.98. The van der Waals surface area contributed by atoms with Crippen molar-refractivity contribution in [1.29, 1.82) is 0 Å². The first kappa shape index (κ1) is 53.2. The standard InChI is InChI=1S/C45H46N2O22/c1-28(44(54)64-24-40(50)60-15-3-5-17-66-46(56)57)31-9-10-34-21-36(14-12-33(34)19-31)68-42(52)26-62-38(48)23-39(49)63-27-43(53)69-37-13-11-30-7-8-32(20-35(30)22-37)29(2)45(55)65-25-41(51)61-16-4-6-18-67-47(58)59/h7-14,19-22,28-29H,3-6,15-18,23-27H2,1-2H3. The van der Waals surface area contributed by atoms with Gasteiger partial charge in [-0.05, 0) is 96.5 Å². The maximum Gasteiger partial charge on any atom is 0.349 e. The van der Waals surface area contributed by atoms with Crippen molar-refractivity contribution in [2.75, 3.05) is 52.9 Å². The van der Waals surface area contributed by atoms with Crippen molar-refractivity contribution in [2.24, 2.45) is 0 Å². The predicted octanol–water partition coefficient (Wildman–Crippen LogP) is 4.34. The number of ether oxygens (including phenoxy) is 8. The minimum absolute atomic E-state index is 0.0296. The fourth-order valence-electron chi connectivity index (χ4n) is 5.90. The molecule has 24 nitrogen and oxygen atoms in total. The Morgan fingerprint density at radius 3 is 1.29 bits per heavy atom. The molecule has 0 fully saturated rings. The van der Waals surface area contributed by atoms with Crippen LogP contribution in [0.15, 0.2) is 72.8 Å². The van der Waals surface area contributed by atoms with Crippen LogP contribution in [0.5, 0.6) is 11.5 Å². The van der Waals surface area contributed by atoms with Crippen LogP contribution in [0.4, 0.5) is 0 Å². The Balaban J connectivity index is 1.13. The molecule has 0 aliphatic rings. The quantitative estimate of drug-likeness (QED) is 0.0145. The topological polar surface area (TPSA) is 315 Å². The summed E-state index contributed by atoms with van der Waals surface area (Å²) in [5.74, 6) is -8.64. The van der Waals surface area contributed by atoms with Gasteiger partial charge in [0.2, 0.25) is 0 Å². The summed E-state index contributed by atoms with van der Waals surface area (Å²) in [6.45, 7) is -0.200. The molecule has 0 aliphatic heterocycles. The highest BCUT2D eigenvalue weighted by atomic mass is 17.0. The summed E-state index contributed by atoms with van der Waals surface area (Å²) in [5, 5.41) is 21.0. The van der Waals surface area contributed by atoms with Crippen LogP contribution >= 0.6 is 0 Å². The molecule has 0 aliphatic carbocycles. The molecule has 0 spiro atoms. The summed E-state index contributed by atoms with van der Waals surface area (Å²) in [6.07, 6.45) is 0.258. The molecule has 2 unspecified atom stereocenters. The second-order valence-electron chi connectivity index (χ2n) is 14.6. The van der Waals surface area contributed by atoms with E-state index < -0.39 is 103 Å². The Labute approximate surface area is 391 Å². The fourth-order valence-corrected chi connectivity index (χ4v) is 5.90. The molecule has 2 atom stereocenters. The van der Waals surface area contributed by atoms with Gasteiger partial charge in [0.1, 0.15) is 17.9 Å². The molecule has 0 N–H and O–H groups in total. The van der Waals surface area contributed by atoms with Crippen LogP contribution in [0.2, 0.25) is 0 Å². The fraction of sp³-hybridized carbons (Fsp3) is 0.378. The van der Waals surface area contributed by atoms with E-state index in [-0.39, 0.29) is 50.8 Å². The number of esters is 8. The van der Waals surface area contributed by atoms with Crippen LogP contribution < -0.4 is 9.47 Å². The summed E-state index contributed by atoms with van der Waals surface area (Å²) >= 11 is 0. The van der Waals surface area contributed by atoms with Crippen LogP contribution in [0.25, 0.3) is 21.5 Å². The highest BCUT2D eigenvalue weighted by molar-refractivity contribution is 5.93. The number of unbranched alkanes of at least 4 members (excludes halogenated alkanes) is 2. The van der Waals surface area contributed by atoms with Crippen LogP contribution in [0.1, 0.15) is 68.9 Å². The monoisotopic (exact) mass is 966 g/mol. The minimum Gasteiger partial charge on any atom is -0.463 e. The smallest absolute Gasteiger partial charge is 0.349 e. The second kappa shape index (κ2) is 27.3. The van der Waals surface area contributed by atoms with Gasteiger partial charge < -0.3 is 47.6 Å². The van der Waals surface area contributed by atoms with Gasteiger partial charge in [0.05, 0.1) is 38.3 Å². The van der Waals surface area contributed by atoms with E-state index in [1.54, 1.807) is 62.4 Å². The maximum absolute atomic E-state index is 12.6. The zero-order valence-electron chi connectivity index (χ0n) is 37.2. The van der Waals surface area contributed by atoms with Gasteiger partial charge >= 0.3 is 47.8 Å². The third kappa shape index (κ3) is 19.1. The van der Waals surface area contributed by atoms with Crippen LogP contribution in [0.3, 0.4) is 0 Å². The lowest BCUT2D eigenvalue weighted by Crippen LogP contribution is -2.23. The molecule has 4 rings (SSSR count). The molecule has 0 heterocycles. The Kier molecular flexibility index (Phi) is 21.0. The SMILES string of the molecule is CC(C(=O)OCC(=O)OCCCCO[N+](=O)[O-])c1ccc2cc(OC(=O)COC(=O)CC(=O)OCC(=O)Oc3ccc4ccc(C(C)C(=O)OCC(=O)OCCCCO[N+](=O)[O-])cc4c3)ccc2c1. The Morgan fingerprint density at radius 2 is 0.812 bits per heavy atom. The molecule has 24 heteroatoms. The molecule has 368 valence electrons. The normalized spacial score (nSPS) is 11.5. The second-order valence-corrected chi connectivity index (χ2v) is 14.6. The summed E-state index contributed by atoms with van der Waals surface area (Å²) in [7, 11) is 0. The highest BCUT2D eigenvalue weighted by Gasteiger charge is 2.22. The number of fused-ring (bicyclic) bond motifs is 2. The van der Waals surface area contributed by atoms with Gasteiger partial charge in [0.15, 0.2) is 26.4 Å². The Hall–Kier alpha value is -8.44. The minimum atomic E-state index is -1.14. The van der Waals surface area contributed by atoms with E-state index in [1.807, 2.05) is 0 Å². The van der Waals surface area contributed by atoms with E-state index in [2.05, 4.69) is 9.68 Å². The molecule has 0 radical (unpaired) electrons. The number of benzene rings is 4. The molecule has 0 amide bonds. The van der Waals surface area contributed by atoms with Gasteiger partial charge in [0, 0.05) is 0 Å². The van der Waals surface area contributed by atoms with Crippen molar-refractivity contribution >= 4 is 69.3 Å². The highest BCUT2D eigenvalue weighted by Crippen LogP contribution is 2.28. The van der Waals surface area contributed by atoms with Gasteiger partial charge in [-0.25, -0.2) is 19.2 Å². The van der Waals surface area contributed by atoms with Gasteiger partial charge in [-0.2, -0.15) is 0 Å². The van der Waals surface area contributed by atoms with Crippen LogP contribution in [-0.4, -0.2) is 111 Å². The van der Waals surface area contributed by atoms with Crippen molar-refractivity contribution in [3.8, 4) is 11.5 Å². The molecule has 0 bridgehead atoms. The number of hydrogen-bond donors (Lipinski definition) is 0. The first-order valence-corrected chi connectivity index (χ1v) is 21.0. The molecule has 0 saturated carbocycles. The first-order valence-electron chi connectivity index (χ1n) is 21.0. The molecule has 0 saturated heterocycles. The van der Waals surface area contributed by atoms with Gasteiger partial charge in [-0.1, -0.05) is 48.5 Å². The molecule has 0 aromatic heterocycles. The van der Waals surface area contributed by atoms with E-state index in [1.165, 1.54) is 24.3 Å². The van der Waals surface area contributed by atoms with Crippen LogP contribution in [0, 0.1) is 20.2 Å². The zero-order valence-corrected chi connectivity index (χ0v) is 37.2. The maximum atomic E-state index is 12.6. The summed E-state index contributed by atoms with van der Waals surface area (Å²) in [6, 6.07) is 19.3. The first-order chi connectivity index (χ1) is 33.0. The van der Waals surface area contributed by atoms with Crippen molar-refractivity contribution in [3.05, 3.63) is 104 Å². The lowest BCUT2D eigenvalue weighted by Gasteiger charge is -2.13. The van der Waals surface area contributed by atoms with E-state index in [0.717, 1.165) is 5.39 Å².